The Balaban J connectivity index is 1.34. The van der Waals surface area contributed by atoms with Gasteiger partial charge in [0.1, 0.15) is 71.8 Å². The van der Waals surface area contributed by atoms with Gasteiger partial charge in [-0.05, 0) is 77.3 Å². The van der Waals surface area contributed by atoms with Crippen molar-refractivity contribution in [3.05, 3.63) is 44.6 Å². The van der Waals surface area contributed by atoms with Gasteiger partial charge in [-0.15, -0.1) is 11.6 Å². The number of likely N-dealkylation sites (N-methyl/N-ethyl adjacent to an activating group) is 4. The van der Waals surface area contributed by atoms with Crippen molar-refractivity contribution in [3.8, 4) is 11.5 Å². The number of aromatic nitrogens is 1. The highest BCUT2D eigenvalue weighted by Gasteiger charge is 2.52. The fourth-order valence-corrected chi connectivity index (χ4v) is 12.4. The second kappa shape index (κ2) is 28.2. The number of cyclic esters (lactones) is 2. The van der Waals surface area contributed by atoms with Crippen LogP contribution in [0.4, 0.5) is 5.69 Å². The number of nitrogens with one attached hydrogen (secondary N) is 4. The van der Waals surface area contributed by atoms with E-state index in [0.717, 1.165) is 29.4 Å². The molecule has 506 valence electrons. The molecule has 4 fully saturated rings. The van der Waals surface area contributed by atoms with Crippen molar-refractivity contribution in [3.63, 3.8) is 0 Å². The van der Waals surface area contributed by atoms with Crippen LogP contribution in [-0.2, 0) is 62.2 Å². The number of rotatable bonds is 8. The van der Waals surface area contributed by atoms with E-state index in [4.69, 9.17) is 36.2 Å². The zero-order valence-electron chi connectivity index (χ0n) is 54.9. The molecule has 1 aromatic rings. The molecule has 4 saturated heterocycles. The monoisotopic (exact) mass is 1320 g/mol. The third kappa shape index (κ3) is 14.0. The van der Waals surface area contributed by atoms with Crippen LogP contribution in [0, 0.1) is 31.6 Å². The van der Waals surface area contributed by atoms with Crippen LogP contribution in [0.1, 0.15) is 114 Å². The number of alkyl halides is 1. The molecule has 5 heterocycles. The van der Waals surface area contributed by atoms with Crippen molar-refractivity contribution < 1.29 is 81.3 Å². The molecular weight excluding hydrogens is 1240 g/mol. The van der Waals surface area contributed by atoms with E-state index in [9.17, 15) is 62.6 Å². The molecule has 1 aromatic carbocycles. The van der Waals surface area contributed by atoms with E-state index < -0.39 is 221 Å². The second-order valence-corrected chi connectivity index (χ2v) is 25.9. The number of aryl methyl sites for hydroxylation is 1. The molecule has 0 spiro atoms. The summed E-state index contributed by atoms with van der Waals surface area (Å²) in [7, 11) is 5.16. The minimum Gasteiger partial charge on any atom is -0.458 e. The maximum Gasteiger partial charge on any atom is 0.329 e. The number of benzene rings is 2. The largest absolute Gasteiger partial charge is 0.458 e. The molecule has 0 radical (unpaired) electrons. The number of amides is 10. The molecule has 13 atom stereocenters. The first-order chi connectivity index (χ1) is 43.4. The number of hydrogen-bond donors (Lipinski definition) is 6. The molecule has 0 unspecified atom stereocenters. The molecule has 5 aliphatic heterocycles. The van der Waals surface area contributed by atoms with Crippen molar-refractivity contribution in [1.29, 1.82) is 0 Å². The van der Waals surface area contributed by atoms with Crippen LogP contribution < -0.4 is 32.4 Å². The smallest absolute Gasteiger partial charge is 0.329 e. The Morgan fingerprint density at radius 2 is 1.26 bits per heavy atom. The minimum atomic E-state index is -2.09. The van der Waals surface area contributed by atoms with Gasteiger partial charge in [-0.1, -0.05) is 47.6 Å². The number of hydrogen-bond acceptors (Lipinski definition) is 20. The lowest BCUT2D eigenvalue weighted by molar-refractivity contribution is -0.163. The van der Waals surface area contributed by atoms with Gasteiger partial charge in [-0.3, -0.25) is 57.5 Å². The van der Waals surface area contributed by atoms with E-state index in [2.05, 4.69) is 21.3 Å². The minimum absolute atomic E-state index is 0.0330. The molecule has 93 heavy (non-hydrogen) atoms. The molecule has 31 heteroatoms. The summed E-state index contributed by atoms with van der Waals surface area (Å²) in [5, 5.41) is 21.6. The number of nitrogens with zero attached hydrogens (tertiary/aromatic N) is 7. The van der Waals surface area contributed by atoms with Crippen LogP contribution in [0.2, 0.25) is 0 Å². The Morgan fingerprint density at radius 1 is 0.710 bits per heavy atom. The normalized spacial score (nSPS) is 28.1. The lowest BCUT2D eigenvalue weighted by Gasteiger charge is -2.37. The lowest BCUT2D eigenvalue weighted by atomic mass is 9.98. The summed E-state index contributed by atoms with van der Waals surface area (Å²) in [6.45, 7) is 16.9. The maximum absolute atomic E-state index is 15.2. The average molecular weight is 1320 g/mol. The SMILES string of the molecule is Cc1c2oc3c(C)ccc(C(=O)N[C@@H]4C(=O)N[C@H](C(C)C)C(=O)N5[C@H](C)C[C@H](O)[C@H]5C(=O)N(C)CC(=O)N(C)[C@@H](C(C)C)C(=O)O[C@@H]4C)c3nc-2c(C(=O)N[C@@H]2C(=O)N[C@H](C(C)C)C(=O)N3[C@H](C)C(=O)C[C@H]3C(=O)N(C)CC(=O)N(C)[C@@H](C)C(=O)O[C@H]2CCl)c(N)c1=O. The predicted molar refractivity (Wildman–Crippen MR) is 332 cm³/mol. The number of Topliss-reactive ketones (excluding diaryl/α,β-unsaturated/α-hetero) is 1. The van der Waals surface area contributed by atoms with Gasteiger partial charge in [0, 0.05) is 46.2 Å². The molecule has 0 aromatic heterocycles. The second-order valence-electron chi connectivity index (χ2n) is 25.6. The van der Waals surface area contributed by atoms with Gasteiger partial charge < -0.3 is 75.4 Å². The summed E-state index contributed by atoms with van der Waals surface area (Å²) < 4.78 is 18.1. The first-order valence-electron chi connectivity index (χ1n) is 30.6. The maximum atomic E-state index is 15.2. The van der Waals surface area contributed by atoms with Crippen molar-refractivity contribution in [2.45, 2.75) is 175 Å². The van der Waals surface area contributed by atoms with Gasteiger partial charge in [0.05, 0.1) is 47.9 Å². The molecule has 0 bridgehead atoms. The summed E-state index contributed by atoms with van der Waals surface area (Å²) in [5.74, 6) is -15.3. The third-order valence-electron chi connectivity index (χ3n) is 17.9. The Morgan fingerprint density at radius 3 is 1.83 bits per heavy atom. The van der Waals surface area contributed by atoms with Gasteiger partial charge >= 0.3 is 11.9 Å². The number of nitrogens with two attached hydrogens (primary N) is 1. The molecule has 7 N–H and O–H groups in total. The van der Waals surface area contributed by atoms with Gasteiger partial charge in [-0.25, -0.2) is 14.6 Å². The highest BCUT2D eigenvalue weighted by atomic mass is 35.5. The Bertz CT molecular complexity index is 3590. The molecule has 1 aliphatic carbocycles. The van der Waals surface area contributed by atoms with Crippen molar-refractivity contribution >= 4 is 105 Å². The van der Waals surface area contributed by atoms with Crippen LogP contribution in [-0.4, -0.2) is 242 Å². The zero-order valence-corrected chi connectivity index (χ0v) is 55.7. The number of halogens is 1. The van der Waals surface area contributed by atoms with Crippen molar-refractivity contribution in [2.75, 3.05) is 52.9 Å². The highest BCUT2D eigenvalue weighted by molar-refractivity contribution is 6.19. The topological polar surface area (TPSA) is 397 Å². The van der Waals surface area contributed by atoms with E-state index in [1.165, 1.54) is 68.0 Å². The molecule has 0 saturated carbocycles. The number of anilines is 1. The number of ketones is 1. The van der Waals surface area contributed by atoms with Crippen LogP contribution in [0.3, 0.4) is 0 Å². The number of esters is 2. The predicted octanol–water partition coefficient (Wildman–Crippen LogP) is -0.765. The van der Waals surface area contributed by atoms with Crippen LogP contribution in [0.25, 0.3) is 22.6 Å². The van der Waals surface area contributed by atoms with Crippen molar-refractivity contribution in [1.82, 2.24) is 55.7 Å². The first kappa shape index (κ1) is 71.6. The van der Waals surface area contributed by atoms with Gasteiger partial charge in [0.2, 0.25) is 52.7 Å². The number of aliphatic hydroxyl groups is 1. The van der Waals surface area contributed by atoms with E-state index >= 15 is 9.59 Å². The molecule has 6 aliphatic rings. The van der Waals surface area contributed by atoms with Crippen LogP contribution >= 0.6 is 11.6 Å². The summed E-state index contributed by atoms with van der Waals surface area (Å²) in [4.78, 5) is 212. The number of carbonyl (C=O) groups excluding carboxylic acids is 13. The van der Waals surface area contributed by atoms with E-state index in [0.29, 0.717) is 5.56 Å². The number of aliphatic hydroxyl groups excluding tert-OH is 1. The number of fused-ring (bicyclic) bond motifs is 4. The Kier molecular flexibility index (Phi) is 21.7. The van der Waals surface area contributed by atoms with Gasteiger partial charge in [0.25, 0.3) is 11.8 Å². The van der Waals surface area contributed by atoms with Crippen molar-refractivity contribution in [2.24, 2.45) is 17.8 Å². The highest BCUT2D eigenvalue weighted by Crippen LogP contribution is 2.36. The number of ether oxygens (including phenoxy) is 2. The summed E-state index contributed by atoms with van der Waals surface area (Å²) >= 11 is 6.49. The lowest BCUT2D eigenvalue weighted by Crippen LogP contribution is -2.62. The molecule has 10 amide bonds. The summed E-state index contributed by atoms with van der Waals surface area (Å²) in [6, 6.07) is -11.7. The summed E-state index contributed by atoms with van der Waals surface area (Å²) in [5.41, 5.74) is 2.91. The fourth-order valence-electron chi connectivity index (χ4n) is 12.2. The fraction of sp³-hybridized carbons (Fsp3) is 0.597. The van der Waals surface area contributed by atoms with Gasteiger partial charge in [0.15, 0.2) is 17.1 Å². The van der Waals surface area contributed by atoms with Crippen LogP contribution in [0.15, 0.2) is 21.3 Å². The zero-order chi connectivity index (χ0) is 69.6. The third-order valence-corrected chi connectivity index (χ3v) is 18.2. The Labute approximate surface area is 541 Å². The molecule has 7 rings (SSSR count). The Hall–Kier alpha value is -8.80. The quantitative estimate of drug-likeness (QED) is 0.0698. The molecular formula is C62H83ClN12O18. The number of nitrogen functional groups attached to an aromatic ring is 1. The van der Waals surface area contributed by atoms with Crippen LogP contribution in [0.5, 0.6) is 0 Å². The average Bonchev–Trinajstić information content (AvgIpc) is 1.54. The number of carbonyl (C=O) groups is 13. The standard InChI is InChI=1S/C62H83ClN12O18/c1-24(2)42-58(86)74-28(8)19-36(77)49(74)60(88)71(14)23-39(79)73(16)48(26(5)6)62(90)91-32(12)44(55(83)66-42)68-53(81)33-18-17-27(7)51-45(33)65-47-40(41(64)50(80)29(9)52(47)93-51)54(82)69-46-37(21-63)92-61(89)31(11)72(15)38(78)22-70(13)57(85)34-20-35(76)30(10)75(34)59(87)43(25(3)4)67-56(46)84/h17-18,24-26,28,30-32,34,36-37,42-44,46,48-49,77H,19-23,64H2,1-16H3,(H,66,83)(H,67,84)(H,68,81)(H,69,82)/t28-,30-,31+,32-,34+,36+,37+,42-,43-,44+,46+,48+,49+/m1/s1. The van der Waals surface area contributed by atoms with Gasteiger partial charge in [-0.2, -0.15) is 0 Å². The summed E-state index contributed by atoms with van der Waals surface area (Å²) in [6.07, 6.45) is -5.24. The first-order valence-corrected chi connectivity index (χ1v) is 31.1. The molecule has 30 nitrogen and oxygen atoms in total. The van der Waals surface area contributed by atoms with E-state index in [1.54, 1.807) is 55.4 Å². The van der Waals surface area contributed by atoms with E-state index in [1.807, 2.05) is 0 Å². The van der Waals surface area contributed by atoms with E-state index in [-0.39, 0.29) is 34.4 Å².